The van der Waals surface area contributed by atoms with Crippen molar-refractivity contribution in [3.8, 4) is 44.5 Å². The molecule has 0 bridgehead atoms. The van der Waals surface area contributed by atoms with Gasteiger partial charge in [-0.3, -0.25) is 0 Å². The largest absolute Gasteiger partial charge is 0.457 e. The van der Waals surface area contributed by atoms with Crippen LogP contribution >= 0.6 is 0 Å². The molecule has 1 aliphatic carbocycles. The Morgan fingerprint density at radius 3 is 1.31 bits per heavy atom. The van der Waals surface area contributed by atoms with Crippen LogP contribution in [0.3, 0.4) is 0 Å². The average Bonchev–Trinajstić information content (AvgIpc) is 3.44. The molecule has 0 N–H and O–H groups in total. The molecule has 0 spiro atoms. The van der Waals surface area contributed by atoms with Crippen molar-refractivity contribution < 1.29 is 9.53 Å². The molecule has 0 saturated carbocycles. The fourth-order valence-electron chi connectivity index (χ4n) is 11.3. The maximum atomic E-state index is 14.9. The molecule has 5 heteroatoms. The molecule has 0 atom stereocenters. The van der Waals surface area contributed by atoms with Gasteiger partial charge in [-0.2, -0.15) is 0 Å². The predicted molar refractivity (Wildman–Crippen MR) is 294 cm³/mol. The SMILES string of the molecule is O=C(OCc1ccccc1)c1cc2c3c(c1)N(c1cc(-c4ccccc4)cc(-c4ccccc4)c1)c1cc4c(cc1B3c1ccccc1N2c1cc(-c2ccccc2)cc(-c2ccccc2)c1)CCCC4. The summed E-state index contributed by atoms with van der Waals surface area (Å²) in [5.74, 6) is -0.370. The number of benzene rings is 10. The van der Waals surface area contributed by atoms with Crippen LogP contribution < -0.4 is 26.2 Å². The van der Waals surface area contributed by atoms with Crippen molar-refractivity contribution in [3.05, 3.63) is 259 Å². The predicted octanol–water partition coefficient (Wildman–Crippen LogP) is 14.7. The second-order valence-electron chi connectivity index (χ2n) is 19.0. The number of rotatable bonds is 9. The highest BCUT2D eigenvalue weighted by molar-refractivity contribution is 7.00. The molecule has 10 aromatic rings. The van der Waals surface area contributed by atoms with E-state index in [9.17, 15) is 4.79 Å². The first kappa shape index (κ1) is 42.4. The first-order valence-corrected chi connectivity index (χ1v) is 24.9. The van der Waals surface area contributed by atoms with Crippen LogP contribution in [0.2, 0.25) is 0 Å². The van der Waals surface area contributed by atoms with Gasteiger partial charge in [0.2, 0.25) is 0 Å². The molecule has 3 aliphatic rings. The van der Waals surface area contributed by atoms with Crippen LogP contribution in [0, 0.1) is 0 Å². The zero-order valence-electron chi connectivity index (χ0n) is 39.3. The summed E-state index contributed by atoms with van der Waals surface area (Å²) in [5, 5.41) is 0. The van der Waals surface area contributed by atoms with E-state index >= 15 is 0 Å². The number of anilines is 6. The van der Waals surface area contributed by atoms with Crippen LogP contribution in [0.4, 0.5) is 34.1 Å². The normalized spacial score (nSPS) is 13.2. The summed E-state index contributed by atoms with van der Waals surface area (Å²) in [6, 6.07) is 84.6. The number of ether oxygens (including phenoxy) is 1. The Morgan fingerprint density at radius 1 is 0.394 bits per heavy atom. The van der Waals surface area contributed by atoms with Crippen LogP contribution in [-0.2, 0) is 24.2 Å². The van der Waals surface area contributed by atoms with Crippen molar-refractivity contribution in [2.45, 2.75) is 32.3 Å². The van der Waals surface area contributed by atoms with E-state index < -0.39 is 0 Å². The second-order valence-corrected chi connectivity index (χ2v) is 19.0. The van der Waals surface area contributed by atoms with Gasteiger partial charge in [0.05, 0.1) is 5.56 Å². The molecule has 0 amide bonds. The summed E-state index contributed by atoms with van der Waals surface area (Å²) in [4.78, 5) is 19.8. The van der Waals surface area contributed by atoms with Gasteiger partial charge >= 0.3 is 5.97 Å². The summed E-state index contributed by atoms with van der Waals surface area (Å²) in [6.07, 6.45) is 4.45. The number of hydrogen-bond donors (Lipinski definition) is 0. The minimum atomic E-state index is -0.370. The second kappa shape index (κ2) is 18.0. The molecule has 13 rings (SSSR count). The van der Waals surface area contributed by atoms with Gasteiger partial charge in [0.25, 0.3) is 6.71 Å². The van der Waals surface area contributed by atoms with E-state index in [0.717, 1.165) is 102 Å². The molecule has 338 valence electrons. The number of hydrogen-bond acceptors (Lipinski definition) is 4. The smallest absolute Gasteiger partial charge is 0.338 e. The van der Waals surface area contributed by atoms with E-state index in [1.165, 1.54) is 34.9 Å². The van der Waals surface area contributed by atoms with Crippen LogP contribution in [0.5, 0.6) is 0 Å². The number of para-hydroxylation sites is 1. The van der Waals surface area contributed by atoms with Gasteiger partial charge in [0.15, 0.2) is 0 Å². The van der Waals surface area contributed by atoms with Crippen molar-refractivity contribution in [1.82, 2.24) is 0 Å². The van der Waals surface area contributed by atoms with Gasteiger partial charge in [0, 0.05) is 34.1 Å². The number of nitrogens with zero attached hydrogens (tertiary/aromatic N) is 2. The number of esters is 1. The van der Waals surface area contributed by atoms with E-state index in [0.29, 0.717) is 5.56 Å². The van der Waals surface area contributed by atoms with Crippen molar-refractivity contribution in [1.29, 1.82) is 0 Å². The van der Waals surface area contributed by atoms with Gasteiger partial charge in [-0.15, -0.1) is 0 Å². The summed E-state index contributed by atoms with van der Waals surface area (Å²) in [7, 11) is 0. The Balaban J connectivity index is 1.11. The minimum absolute atomic E-state index is 0.114. The third kappa shape index (κ3) is 7.80. The Kier molecular flexibility index (Phi) is 10.8. The van der Waals surface area contributed by atoms with Crippen molar-refractivity contribution in [3.63, 3.8) is 0 Å². The van der Waals surface area contributed by atoms with Crippen molar-refractivity contribution >= 4 is 63.2 Å². The lowest BCUT2D eigenvalue weighted by molar-refractivity contribution is 0.0473. The molecule has 0 unspecified atom stereocenters. The number of fused-ring (bicyclic) bond motifs is 5. The molecule has 2 aliphatic heterocycles. The molecule has 71 heavy (non-hydrogen) atoms. The Labute approximate surface area is 416 Å². The van der Waals surface area contributed by atoms with Gasteiger partial charge in [0.1, 0.15) is 6.61 Å². The first-order chi connectivity index (χ1) is 35.1. The molecule has 0 aromatic heterocycles. The molecule has 4 nitrogen and oxygen atoms in total. The third-order valence-electron chi connectivity index (χ3n) is 14.7. The summed E-state index contributed by atoms with van der Waals surface area (Å²) in [5.41, 5.74) is 23.1. The highest BCUT2D eigenvalue weighted by Crippen LogP contribution is 2.48. The fourth-order valence-corrected chi connectivity index (χ4v) is 11.3. The molecular weight excluding hydrogens is 864 g/mol. The van der Waals surface area contributed by atoms with E-state index in [2.05, 4.69) is 216 Å². The maximum absolute atomic E-state index is 14.9. The number of carbonyl (C=O) groups is 1. The standard InChI is InChI=1S/C66H49BN2O2/c70-66(71-44-45-20-6-1-7-21-45)56-42-63-65-64(43-56)69(58-38-54(48-26-12-4-13-27-48)35-55(39-58)49-28-14-5-15-29-49)62-41-51-31-17-16-30-50(51)40-60(62)67(65)59-32-18-19-33-61(59)68(63)57-36-52(46-22-8-2-9-23-46)34-53(37-57)47-24-10-3-11-25-47/h1-15,18-29,32-43H,16-17,30-31,44H2. The third-order valence-corrected chi connectivity index (χ3v) is 14.7. The van der Waals surface area contributed by atoms with E-state index in [1.54, 1.807) is 0 Å². The lowest BCUT2D eigenvalue weighted by Gasteiger charge is -2.45. The molecular formula is C66H49BN2O2. The number of aryl methyl sites for hydroxylation is 2. The highest BCUT2D eigenvalue weighted by atomic mass is 16.5. The van der Waals surface area contributed by atoms with Crippen LogP contribution in [0.25, 0.3) is 44.5 Å². The van der Waals surface area contributed by atoms with Gasteiger partial charge in [-0.1, -0.05) is 176 Å². The van der Waals surface area contributed by atoms with Crippen molar-refractivity contribution in [2.24, 2.45) is 0 Å². The highest BCUT2D eigenvalue weighted by Gasteiger charge is 2.44. The summed E-state index contributed by atoms with van der Waals surface area (Å²) in [6.45, 7) is 0.0520. The Bertz CT molecular complexity index is 3500. The topological polar surface area (TPSA) is 32.8 Å². The molecule has 0 radical (unpaired) electrons. The van der Waals surface area contributed by atoms with E-state index in [-0.39, 0.29) is 19.3 Å². The van der Waals surface area contributed by atoms with Crippen LogP contribution in [0.15, 0.2) is 237 Å². The van der Waals surface area contributed by atoms with Gasteiger partial charge < -0.3 is 14.5 Å². The van der Waals surface area contributed by atoms with Crippen LogP contribution in [0.1, 0.15) is 39.9 Å². The molecule has 0 fully saturated rings. The molecule has 10 aromatic carbocycles. The van der Waals surface area contributed by atoms with Crippen LogP contribution in [-0.4, -0.2) is 12.7 Å². The van der Waals surface area contributed by atoms with E-state index in [4.69, 9.17) is 4.74 Å². The summed E-state index contributed by atoms with van der Waals surface area (Å²) < 4.78 is 6.28. The molecule has 2 heterocycles. The number of carbonyl (C=O) groups excluding carboxylic acids is 1. The molecule has 0 saturated heterocycles. The zero-order valence-corrected chi connectivity index (χ0v) is 39.3. The van der Waals surface area contributed by atoms with Gasteiger partial charge in [-0.05, 0) is 164 Å². The maximum Gasteiger partial charge on any atom is 0.338 e. The Morgan fingerprint density at radius 2 is 0.817 bits per heavy atom. The minimum Gasteiger partial charge on any atom is -0.457 e. The lowest BCUT2D eigenvalue weighted by Crippen LogP contribution is -2.61. The zero-order chi connectivity index (χ0) is 47.3. The van der Waals surface area contributed by atoms with E-state index in [1.807, 2.05) is 30.3 Å². The van der Waals surface area contributed by atoms with Gasteiger partial charge in [-0.25, -0.2) is 4.79 Å². The van der Waals surface area contributed by atoms with Crippen molar-refractivity contribution in [2.75, 3.05) is 9.80 Å². The lowest BCUT2D eigenvalue weighted by atomic mass is 9.33. The average molecular weight is 913 g/mol. The summed E-state index contributed by atoms with van der Waals surface area (Å²) >= 11 is 0. The fraction of sp³-hybridized carbons (Fsp3) is 0.0758. The Hall–Kier alpha value is -8.67. The quantitative estimate of drug-likeness (QED) is 0.107. The first-order valence-electron chi connectivity index (χ1n) is 24.9. The monoisotopic (exact) mass is 912 g/mol.